The second-order valence-electron chi connectivity index (χ2n) is 6.04. The van der Waals surface area contributed by atoms with E-state index in [1.165, 1.54) is 22.8 Å². The molecule has 0 bridgehead atoms. The van der Waals surface area contributed by atoms with Crippen LogP contribution in [0, 0.1) is 17.8 Å². The molecule has 0 saturated carbocycles. The molecule has 96 valence electrons. The fraction of sp³-hybridized carbons (Fsp3) is 0.444. The lowest BCUT2D eigenvalue weighted by molar-refractivity contribution is 0.286. The van der Waals surface area contributed by atoms with Crippen LogP contribution in [0.4, 0.5) is 0 Å². The molecule has 0 atom stereocenters. The monoisotopic (exact) mass is 240 g/mol. The van der Waals surface area contributed by atoms with Crippen molar-refractivity contribution in [2.45, 2.75) is 34.1 Å². The zero-order chi connectivity index (χ0) is 13.1. The number of hydrogen-bond donors (Lipinski definition) is 0. The molecule has 0 radical (unpaired) electrons. The minimum absolute atomic E-state index is 0.747. The van der Waals surface area contributed by atoms with Crippen LogP contribution in [0.5, 0.6) is 0 Å². The Balaban J connectivity index is 2.25. The highest BCUT2D eigenvalue weighted by Crippen LogP contribution is 2.26. The van der Waals surface area contributed by atoms with E-state index in [1.54, 1.807) is 0 Å². The minimum Gasteiger partial charge on any atom is -0.0625 e. The summed E-state index contributed by atoms with van der Waals surface area (Å²) >= 11 is 0. The molecule has 0 heteroatoms. The van der Waals surface area contributed by atoms with E-state index in [1.807, 2.05) is 0 Å². The maximum Gasteiger partial charge on any atom is -0.0181 e. The summed E-state index contributed by atoms with van der Waals surface area (Å²) in [6.45, 7) is 9.36. The van der Waals surface area contributed by atoms with Crippen molar-refractivity contribution < 1.29 is 0 Å². The second-order valence-corrected chi connectivity index (χ2v) is 6.04. The van der Waals surface area contributed by atoms with Crippen molar-refractivity contribution in [1.29, 1.82) is 0 Å². The average Bonchev–Trinajstić information content (AvgIpc) is 2.35. The molecule has 0 nitrogen and oxygen atoms in total. The first-order chi connectivity index (χ1) is 8.58. The van der Waals surface area contributed by atoms with E-state index in [0.717, 1.165) is 17.8 Å². The van der Waals surface area contributed by atoms with Gasteiger partial charge in [0, 0.05) is 0 Å². The van der Waals surface area contributed by atoms with Crippen LogP contribution < -0.4 is 0 Å². The number of hydrogen-bond acceptors (Lipinski definition) is 0. The predicted octanol–water partition coefficient (Wildman–Crippen LogP) is 5.31. The highest BCUT2D eigenvalue weighted by atomic mass is 14.2. The number of rotatable bonds is 4. The average molecular weight is 240 g/mol. The summed E-state index contributed by atoms with van der Waals surface area (Å²) in [7, 11) is 0. The molecule has 18 heavy (non-hydrogen) atoms. The Kier molecular flexibility index (Phi) is 4.06. The summed E-state index contributed by atoms with van der Waals surface area (Å²) in [5.74, 6) is 2.26. The SMILES string of the molecule is CC(C)C(Cc1ccc2ccccc2c1)C(C)C. The quantitative estimate of drug-likeness (QED) is 0.679. The molecule has 0 N–H and O–H groups in total. The molecule has 0 aliphatic rings. The molecule has 0 amide bonds. The molecule has 0 aromatic heterocycles. The van der Waals surface area contributed by atoms with Gasteiger partial charge < -0.3 is 0 Å². The molecule has 0 spiro atoms. The van der Waals surface area contributed by atoms with Gasteiger partial charge in [0.15, 0.2) is 0 Å². The minimum atomic E-state index is 0.747. The summed E-state index contributed by atoms with van der Waals surface area (Å²) in [6, 6.07) is 15.5. The first kappa shape index (κ1) is 13.1. The lowest BCUT2D eigenvalue weighted by Gasteiger charge is -2.25. The third kappa shape index (κ3) is 2.93. The smallest absolute Gasteiger partial charge is 0.0181 e. The van der Waals surface area contributed by atoms with Crippen molar-refractivity contribution in [2.24, 2.45) is 17.8 Å². The molecule has 0 heterocycles. The van der Waals surface area contributed by atoms with Crippen molar-refractivity contribution in [1.82, 2.24) is 0 Å². The third-order valence-corrected chi connectivity index (χ3v) is 4.00. The van der Waals surface area contributed by atoms with Crippen LogP contribution in [0.3, 0.4) is 0 Å². The Morgan fingerprint density at radius 3 is 2.00 bits per heavy atom. The Morgan fingerprint density at radius 2 is 1.39 bits per heavy atom. The van der Waals surface area contributed by atoms with Crippen molar-refractivity contribution in [3.63, 3.8) is 0 Å². The van der Waals surface area contributed by atoms with E-state index in [-0.39, 0.29) is 0 Å². The fourth-order valence-corrected chi connectivity index (χ4v) is 2.88. The molecule has 0 unspecified atom stereocenters. The summed E-state index contributed by atoms with van der Waals surface area (Å²) in [5.41, 5.74) is 1.47. The lowest BCUT2D eigenvalue weighted by atomic mass is 9.81. The molecule has 0 aliphatic heterocycles. The first-order valence-electron chi connectivity index (χ1n) is 7.05. The van der Waals surface area contributed by atoms with Crippen molar-refractivity contribution in [3.05, 3.63) is 48.0 Å². The van der Waals surface area contributed by atoms with Gasteiger partial charge in [-0.25, -0.2) is 0 Å². The lowest BCUT2D eigenvalue weighted by Crippen LogP contribution is -2.18. The standard InChI is InChI=1S/C18H24/c1-13(2)18(14(3)4)12-15-9-10-16-7-5-6-8-17(16)11-15/h5-11,13-14,18H,12H2,1-4H3. The van der Waals surface area contributed by atoms with Gasteiger partial charge in [0.2, 0.25) is 0 Å². The van der Waals surface area contributed by atoms with Gasteiger partial charge in [-0.1, -0.05) is 70.2 Å². The van der Waals surface area contributed by atoms with E-state index in [2.05, 4.69) is 70.2 Å². The molecule has 2 aromatic carbocycles. The highest BCUT2D eigenvalue weighted by molar-refractivity contribution is 5.82. The van der Waals surface area contributed by atoms with Gasteiger partial charge in [0.05, 0.1) is 0 Å². The predicted molar refractivity (Wildman–Crippen MR) is 80.8 cm³/mol. The van der Waals surface area contributed by atoms with Crippen molar-refractivity contribution >= 4 is 10.8 Å². The normalized spacial score (nSPS) is 11.9. The van der Waals surface area contributed by atoms with E-state index >= 15 is 0 Å². The largest absolute Gasteiger partial charge is 0.0625 e. The van der Waals surface area contributed by atoms with Crippen molar-refractivity contribution in [3.8, 4) is 0 Å². The Labute approximate surface area is 111 Å². The Morgan fingerprint density at radius 1 is 0.778 bits per heavy atom. The highest BCUT2D eigenvalue weighted by Gasteiger charge is 2.17. The summed E-state index contributed by atoms with van der Waals surface area (Å²) in [6.07, 6.45) is 1.19. The maximum atomic E-state index is 2.35. The van der Waals surface area contributed by atoms with Crippen LogP contribution >= 0.6 is 0 Å². The van der Waals surface area contributed by atoms with E-state index in [9.17, 15) is 0 Å². The summed E-state index contributed by atoms with van der Waals surface area (Å²) in [5, 5.41) is 2.70. The van der Waals surface area contributed by atoms with Gasteiger partial charge >= 0.3 is 0 Å². The van der Waals surface area contributed by atoms with Crippen LogP contribution in [-0.2, 0) is 6.42 Å². The zero-order valence-electron chi connectivity index (χ0n) is 12.0. The summed E-state index contributed by atoms with van der Waals surface area (Å²) in [4.78, 5) is 0. The van der Waals surface area contributed by atoms with Gasteiger partial charge in [-0.3, -0.25) is 0 Å². The Hall–Kier alpha value is -1.30. The van der Waals surface area contributed by atoms with E-state index < -0.39 is 0 Å². The van der Waals surface area contributed by atoms with Crippen molar-refractivity contribution in [2.75, 3.05) is 0 Å². The van der Waals surface area contributed by atoms with Gasteiger partial charge in [-0.2, -0.15) is 0 Å². The molecular weight excluding hydrogens is 216 g/mol. The Bertz CT molecular complexity index is 500. The molecule has 0 aliphatic carbocycles. The van der Waals surface area contributed by atoms with Crippen LogP contribution in [0.15, 0.2) is 42.5 Å². The topological polar surface area (TPSA) is 0 Å². The molecule has 2 aromatic rings. The number of fused-ring (bicyclic) bond motifs is 1. The van der Waals surface area contributed by atoms with Crippen LogP contribution in [-0.4, -0.2) is 0 Å². The second kappa shape index (κ2) is 5.56. The third-order valence-electron chi connectivity index (χ3n) is 4.00. The number of benzene rings is 2. The van der Waals surface area contributed by atoms with Gasteiger partial charge in [-0.15, -0.1) is 0 Å². The fourth-order valence-electron chi connectivity index (χ4n) is 2.88. The van der Waals surface area contributed by atoms with Crippen LogP contribution in [0.2, 0.25) is 0 Å². The molecular formula is C18H24. The van der Waals surface area contributed by atoms with E-state index in [0.29, 0.717) is 0 Å². The van der Waals surface area contributed by atoms with Gasteiger partial charge in [0.25, 0.3) is 0 Å². The van der Waals surface area contributed by atoms with Crippen LogP contribution in [0.1, 0.15) is 33.3 Å². The van der Waals surface area contributed by atoms with E-state index in [4.69, 9.17) is 0 Å². The van der Waals surface area contributed by atoms with Gasteiger partial charge in [-0.05, 0) is 40.5 Å². The maximum absolute atomic E-state index is 2.35. The first-order valence-corrected chi connectivity index (χ1v) is 7.05. The zero-order valence-corrected chi connectivity index (χ0v) is 12.0. The van der Waals surface area contributed by atoms with Crippen LogP contribution in [0.25, 0.3) is 10.8 Å². The molecule has 0 fully saturated rings. The molecule has 2 rings (SSSR count). The summed E-state index contributed by atoms with van der Waals surface area (Å²) < 4.78 is 0. The molecule has 0 saturated heterocycles. The van der Waals surface area contributed by atoms with Gasteiger partial charge in [0.1, 0.15) is 0 Å².